The lowest BCUT2D eigenvalue weighted by Gasteiger charge is -2.68. The van der Waals surface area contributed by atoms with E-state index >= 15 is 0 Å². The molecule has 4 aliphatic carbocycles. The maximum Gasteiger partial charge on any atom is 0.410 e. The minimum atomic E-state index is -1.02. The van der Waals surface area contributed by atoms with Gasteiger partial charge in [0.15, 0.2) is 0 Å². The lowest BCUT2D eigenvalue weighted by molar-refractivity contribution is -0.221. The van der Waals surface area contributed by atoms with Gasteiger partial charge in [0, 0.05) is 30.5 Å². The fraction of sp³-hybridized carbons (Fsp3) is 0.972. The number of hydrogen-bond donors (Lipinski definition) is 2. The average Bonchev–Trinajstić information content (AvgIpc) is 3.06. The van der Waals surface area contributed by atoms with Gasteiger partial charge in [0.05, 0.1) is 23.9 Å². The van der Waals surface area contributed by atoms with E-state index in [0.717, 1.165) is 58.0 Å². The van der Waals surface area contributed by atoms with Crippen molar-refractivity contribution in [3.05, 3.63) is 0 Å². The highest BCUT2D eigenvalue weighted by Crippen LogP contribution is 2.76. The number of carbonyl (C=O) groups excluding carboxylic acids is 1. The maximum absolute atomic E-state index is 12.8. The number of aliphatic hydroxyl groups is 2. The van der Waals surface area contributed by atoms with Crippen LogP contribution in [-0.4, -0.2) is 77.0 Å². The van der Waals surface area contributed by atoms with Crippen LogP contribution in [0.2, 0.25) is 0 Å². The van der Waals surface area contributed by atoms with E-state index in [-0.39, 0.29) is 52.0 Å². The molecule has 0 aromatic heterocycles. The summed E-state index contributed by atoms with van der Waals surface area (Å²) in [6, 6.07) is 0. The summed E-state index contributed by atoms with van der Waals surface area (Å²) in [5, 5.41) is 23.5. The van der Waals surface area contributed by atoms with Gasteiger partial charge in [-0.15, -0.1) is 0 Å². The van der Waals surface area contributed by atoms with Crippen molar-refractivity contribution in [2.45, 2.75) is 150 Å². The normalized spacial score (nSPS) is 49.6. The molecule has 4 saturated carbocycles. The number of rotatable bonds is 5. The van der Waals surface area contributed by atoms with Gasteiger partial charge in [-0.05, 0) is 113 Å². The van der Waals surface area contributed by atoms with Crippen molar-refractivity contribution in [1.82, 2.24) is 4.90 Å². The quantitative estimate of drug-likeness (QED) is 0.376. The standard InChI is InChI=1S/C36H61NO6/c1-10-41-30(33(5,6)40)24-20-21(2)27-28(42-24)29(38)36(9)25-14-12-22-23(34(25,7)16-17-35(27,36)8)13-15-26(32(22,3)4)43-31(39)37-18-11-19-37/h21-30,38,40H,10-20H2,1-9H3/t21-,22-,23?,24-,25-,26+,27+,28+,29+,30+,34?,35-,36-/m1/s1. The predicted molar refractivity (Wildman–Crippen MR) is 166 cm³/mol. The molecular weight excluding hydrogens is 542 g/mol. The van der Waals surface area contributed by atoms with Gasteiger partial charge in [0.25, 0.3) is 0 Å². The summed E-state index contributed by atoms with van der Waals surface area (Å²) in [5.74, 6) is 2.11. The highest BCUT2D eigenvalue weighted by Gasteiger charge is 2.75. The van der Waals surface area contributed by atoms with Gasteiger partial charge in [0.2, 0.25) is 0 Å². The fourth-order valence-electron chi connectivity index (χ4n) is 12.4. The van der Waals surface area contributed by atoms with E-state index in [1.165, 1.54) is 6.42 Å². The SMILES string of the molecule is CCO[C@@H]([C@H]1C[C@@H](C)[C@H]2[C@H](O1)[C@H](O)[C@@]1(C)[C@@H]3CC[C@@H]4C(CC[C@H](OC(=O)N5CCC5)C4(C)C)C3(C)CC[C@]21C)C(C)(C)O. The second-order valence-corrected chi connectivity index (χ2v) is 17.5. The summed E-state index contributed by atoms with van der Waals surface area (Å²) >= 11 is 0. The topological polar surface area (TPSA) is 88.5 Å². The van der Waals surface area contributed by atoms with Gasteiger partial charge < -0.3 is 29.3 Å². The first-order chi connectivity index (χ1) is 20.0. The van der Waals surface area contributed by atoms with E-state index < -0.39 is 17.8 Å². The molecule has 43 heavy (non-hydrogen) atoms. The summed E-state index contributed by atoms with van der Waals surface area (Å²) in [6.45, 7) is 22.2. The van der Waals surface area contributed by atoms with Crippen molar-refractivity contribution in [2.75, 3.05) is 19.7 Å². The molecule has 7 nitrogen and oxygen atoms in total. The van der Waals surface area contributed by atoms with Crippen LogP contribution in [0.1, 0.15) is 114 Å². The zero-order chi connectivity index (χ0) is 31.3. The Labute approximate surface area is 260 Å². The molecule has 0 aromatic rings. The summed E-state index contributed by atoms with van der Waals surface area (Å²) in [5.41, 5.74) is -1.25. The van der Waals surface area contributed by atoms with Gasteiger partial charge in [-0.2, -0.15) is 0 Å². The number of aliphatic hydroxyl groups excluding tert-OH is 1. The lowest BCUT2D eigenvalue weighted by atomic mass is 9.37. The Morgan fingerprint density at radius 1 is 1.05 bits per heavy atom. The first kappa shape index (κ1) is 32.1. The minimum Gasteiger partial charge on any atom is -0.446 e. The van der Waals surface area contributed by atoms with E-state index in [1.54, 1.807) is 0 Å². The Hall–Kier alpha value is -0.890. The molecular formula is C36H61NO6. The zero-order valence-corrected chi connectivity index (χ0v) is 28.5. The number of hydrogen-bond acceptors (Lipinski definition) is 6. The van der Waals surface area contributed by atoms with Crippen LogP contribution in [0.4, 0.5) is 4.79 Å². The monoisotopic (exact) mass is 603 g/mol. The van der Waals surface area contributed by atoms with Crippen LogP contribution < -0.4 is 0 Å². The molecule has 1 amide bonds. The number of ether oxygens (including phenoxy) is 3. The van der Waals surface area contributed by atoms with Crippen molar-refractivity contribution >= 4 is 6.09 Å². The van der Waals surface area contributed by atoms with E-state index in [4.69, 9.17) is 14.2 Å². The van der Waals surface area contributed by atoms with E-state index in [9.17, 15) is 15.0 Å². The van der Waals surface area contributed by atoms with Crippen molar-refractivity contribution < 1.29 is 29.2 Å². The summed E-state index contributed by atoms with van der Waals surface area (Å²) in [4.78, 5) is 14.7. The first-order valence-corrected chi connectivity index (χ1v) is 17.6. The minimum absolute atomic E-state index is 0.0200. The van der Waals surface area contributed by atoms with Gasteiger partial charge in [-0.3, -0.25) is 0 Å². The molecule has 2 saturated heterocycles. The molecule has 246 valence electrons. The van der Waals surface area contributed by atoms with Crippen LogP contribution in [0.3, 0.4) is 0 Å². The number of fused-ring (bicyclic) bond motifs is 7. The number of likely N-dealkylation sites (tertiary alicyclic amines) is 1. The number of amides is 1. The van der Waals surface area contributed by atoms with Crippen LogP contribution in [0, 0.1) is 51.2 Å². The third-order valence-corrected chi connectivity index (χ3v) is 14.9. The molecule has 0 aromatic carbocycles. The molecule has 0 spiro atoms. The van der Waals surface area contributed by atoms with Crippen molar-refractivity contribution in [3.63, 3.8) is 0 Å². The largest absolute Gasteiger partial charge is 0.446 e. The van der Waals surface area contributed by atoms with Gasteiger partial charge >= 0.3 is 6.09 Å². The summed E-state index contributed by atoms with van der Waals surface area (Å²) in [7, 11) is 0. The lowest BCUT2D eigenvalue weighted by Crippen LogP contribution is -2.64. The molecule has 2 aliphatic heterocycles. The first-order valence-electron chi connectivity index (χ1n) is 17.6. The molecule has 2 N–H and O–H groups in total. The maximum atomic E-state index is 12.8. The number of nitrogens with zero attached hydrogens (tertiary/aromatic N) is 1. The zero-order valence-electron chi connectivity index (χ0n) is 28.5. The van der Waals surface area contributed by atoms with Crippen LogP contribution in [0.5, 0.6) is 0 Å². The highest BCUT2D eigenvalue weighted by atomic mass is 16.6. The van der Waals surface area contributed by atoms with Gasteiger partial charge in [-0.25, -0.2) is 4.79 Å². The second kappa shape index (κ2) is 10.6. The van der Waals surface area contributed by atoms with Crippen LogP contribution in [0.25, 0.3) is 0 Å². The van der Waals surface area contributed by atoms with Crippen molar-refractivity contribution in [3.8, 4) is 0 Å². The Kier molecular flexibility index (Phi) is 7.88. The highest BCUT2D eigenvalue weighted by molar-refractivity contribution is 5.68. The van der Waals surface area contributed by atoms with Gasteiger partial charge in [-0.1, -0.05) is 41.5 Å². The molecule has 0 radical (unpaired) electrons. The van der Waals surface area contributed by atoms with Crippen LogP contribution in [-0.2, 0) is 14.2 Å². The van der Waals surface area contributed by atoms with Crippen molar-refractivity contribution in [2.24, 2.45) is 51.2 Å². The fourth-order valence-corrected chi connectivity index (χ4v) is 12.4. The van der Waals surface area contributed by atoms with Crippen molar-refractivity contribution in [1.29, 1.82) is 0 Å². The summed E-state index contributed by atoms with van der Waals surface area (Å²) < 4.78 is 19.2. The average molecular weight is 604 g/mol. The van der Waals surface area contributed by atoms with Gasteiger partial charge in [0.1, 0.15) is 12.2 Å². The molecule has 0 bridgehead atoms. The smallest absolute Gasteiger partial charge is 0.410 e. The van der Waals surface area contributed by atoms with E-state index in [0.29, 0.717) is 30.3 Å². The van der Waals surface area contributed by atoms with E-state index in [2.05, 4.69) is 41.5 Å². The third kappa shape index (κ3) is 4.51. The molecule has 2 heterocycles. The Morgan fingerprint density at radius 2 is 1.72 bits per heavy atom. The Morgan fingerprint density at radius 3 is 2.33 bits per heavy atom. The Balaban J connectivity index is 1.27. The molecule has 6 aliphatic rings. The Bertz CT molecular complexity index is 1070. The second-order valence-electron chi connectivity index (χ2n) is 17.5. The molecule has 6 rings (SSSR count). The van der Waals surface area contributed by atoms with E-state index in [1.807, 2.05) is 25.7 Å². The predicted octanol–water partition coefficient (Wildman–Crippen LogP) is 6.43. The molecule has 2 unspecified atom stereocenters. The molecule has 13 atom stereocenters. The van der Waals surface area contributed by atoms with Crippen LogP contribution >= 0.6 is 0 Å². The number of carbonyl (C=O) groups is 1. The summed E-state index contributed by atoms with van der Waals surface area (Å²) in [6.07, 6.45) is 6.80. The third-order valence-electron chi connectivity index (χ3n) is 14.9. The van der Waals surface area contributed by atoms with Crippen LogP contribution in [0.15, 0.2) is 0 Å². The molecule has 6 fully saturated rings. The molecule has 7 heteroatoms.